The van der Waals surface area contributed by atoms with Crippen LogP contribution < -0.4 is 19.6 Å². The van der Waals surface area contributed by atoms with Crippen LogP contribution in [-0.2, 0) is 4.74 Å². The summed E-state index contributed by atoms with van der Waals surface area (Å²) in [6, 6.07) is 3.57. The Morgan fingerprint density at radius 1 is 0.939 bits per heavy atom. The maximum absolute atomic E-state index is 13.4. The number of phenolic OH excluding ortho intramolecular Hbond substituents is 2. The van der Waals surface area contributed by atoms with Crippen molar-refractivity contribution in [3.05, 3.63) is 28.4 Å². The number of hydrogen-bond donors (Lipinski definition) is 6. The fourth-order valence-electron chi connectivity index (χ4n) is 3.76. The number of ether oxygens (including phenoxy) is 4. The van der Waals surface area contributed by atoms with E-state index in [1.165, 1.54) is 26.4 Å². The lowest BCUT2D eigenvalue weighted by Crippen LogP contribution is -2.60. The molecule has 178 valence electrons. The Morgan fingerprint density at radius 3 is 2.24 bits per heavy atom. The van der Waals surface area contributed by atoms with Gasteiger partial charge in [-0.15, -0.1) is 0 Å². The number of hydrogen-bond acceptors (Lipinski definition) is 12. The Labute approximate surface area is 185 Å². The number of aliphatic hydroxyl groups is 4. The number of methoxy groups -OCH3 is 2. The zero-order valence-electron chi connectivity index (χ0n) is 17.5. The minimum Gasteiger partial charge on any atom is -0.504 e. The van der Waals surface area contributed by atoms with Crippen LogP contribution in [0, 0.1) is 0 Å². The minimum atomic E-state index is -1.76. The summed E-state index contributed by atoms with van der Waals surface area (Å²) in [6.07, 6.45) is -7.97. The lowest BCUT2D eigenvalue weighted by molar-refractivity contribution is -0.277. The molecule has 12 nitrogen and oxygen atoms in total. The van der Waals surface area contributed by atoms with Crippen molar-refractivity contribution in [3.8, 4) is 28.7 Å². The maximum Gasteiger partial charge on any atom is 0.229 e. The first-order valence-electron chi connectivity index (χ1n) is 9.77. The first-order chi connectivity index (χ1) is 15.7. The number of phenols is 2. The largest absolute Gasteiger partial charge is 0.504 e. The summed E-state index contributed by atoms with van der Waals surface area (Å²) in [4.78, 5) is 13.4. The molecule has 2 aromatic carbocycles. The third kappa shape index (κ3) is 3.57. The van der Waals surface area contributed by atoms with Crippen LogP contribution in [0.4, 0.5) is 0 Å². The summed E-state index contributed by atoms with van der Waals surface area (Å²) in [7, 11) is 2.50. The van der Waals surface area contributed by atoms with Crippen molar-refractivity contribution >= 4 is 21.9 Å². The third-order valence-corrected chi connectivity index (χ3v) is 5.45. The molecule has 12 heteroatoms. The van der Waals surface area contributed by atoms with E-state index in [-0.39, 0.29) is 44.9 Å². The molecule has 2 heterocycles. The predicted octanol–water partition coefficient (Wildman–Crippen LogP) is -0.447. The monoisotopic (exact) mass is 466 g/mol. The second kappa shape index (κ2) is 8.57. The van der Waals surface area contributed by atoms with E-state index in [0.717, 1.165) is 6.07 Å². The van der Waals surface area contributed by atoms with Gasteiger partial charge in [0.15, 0.2) is 22.7 Å². The van der Waals surface area contributed by atoms with E-state index >= 15 is 0 Å². The molecular weight excluding hydrogens is 444 g/mol. The molecular formula is C21H22O12. The second-order valence-corrected chi connectivity index (χ2v) is 7.37. The summed E-state index contributed by atoms with van der Waals surface area (Å²) in [5.74, 6) is -1.41. The zero-order chi connectivity index (χ0) is 24.0. The van der Waals surface area contributed by atoms with Gasteiger partial charge in [0.1, 0.15) is 35.6 Å². The molecule has 0 bridgehead atoms. The quantitative estimate of drug-likeness (QED) is 0.266. The number of aromatic hydroxyl groups is 2. The van der Waals surface area contributed by atoms with Crippen LogP contribution in [0.5, 0.6) is 28.7 Å². The molecule has 1 aliphatic heterocycles. The molecule has 0 amide bonds. The molecule has 3 aromatic rings. The summed E-state index contributed by atoms with van der Waals surface area (Å²) < 4.78 is 27.0. The lowest BCUT2D eigenvalue weighted by Gasteiger charge is -2.39. The Balaban J connectivity index is 1.94. The van der Waals surface area contributed by atoms with E-state index in [9.17, 15) is 35.4 Å². The molecule has 4 rings (SSSR count). The molecule has 1 saturated heterocycles. The van der Waals surface area contributed by atoms with Crippen molar-refractivity contribution in [1.82, 2.24) is 0 Å². The van der Waals surface area contributed by atoms with Crippen LogP contribution >= 0.6 is 0 Å². The van der Waals surface area contributed by atoms with Crippen LogP contribution in [0.2, 0.25) is 0 Å². The fourth-order valence-corrected chi connectivity index (χ4v) is 3.76. The second-order valence-electron chi connectivity index (χ2n) is 7.37. The van der Waals surface area contributed by atoms with Gasteiger partial charge >= 0.3 is 0 Å². The van der Waals surface area contributed by atoms with Gasteiger partial charge in [0, 0.05) is 6.07 Å². The van der Waals surface area contributed by atoms with Crippen molar-refractivity contribution < 1.29 is 54.0 Å². The molecule has 1 unspecified atom stereocenters. The van der Waals surface area contributed by atoms with Gasteiger partial charge in [-0.2, -0.15) is 0 Å². The average Bonchev–Trinajstić information content (AvgIpc) is 2.79. The summed E-state index contributed by atoms with van der Waals surface area (Å²) >= 11 is 0. The van der Waals surface area contributed by atoms with E-state index in [0.29, 0.717) is 0 Å². The van der Waals surface area contributed by atoms with Crippen molar-refractivity contribution in [2.75, 3.05) is 20.8 Å². The number of benzene rings is 2. The van der Waals surface area contributed by atoms with E-state index in [4.69, 9.17) is 23.4 Å². The minimum absolute atomic E-state index is 0.00328. The van der Waals surface area contributed by atoms with Gasteiger partial charge in [-0.3, -0.25) is 4.79 Å². The van der Waals surface area contributed by atoms with Crippen molar-refractivity contribution in [2.24, 2.45) is 0 Å². The number of fused-ring (bicyclic) bond motifs is 2. The number of aliphatic hydroxyl groups excluding tert-OH is 4. The number of rotatable bonds is 5. The first-order valence-corrected chi connectivity index (χ1v) is 9.77. The van der Waals surface area contributed by atoms with E-state index in [2.05, 4.69) is 0 Å². The molecule has 0 spiro atoms. The van der Waals surface area contributed by atoms with Gasteiger partial charge in [-0.1, -0.05) is 0 Å². The Hall–Kier alpha value is -3.29. The normalized spacial score (nSPS) is 25.3. The van der Waals surface area contributed by atoms with Gasteiger partial charge in [0.05, 0.1) is 26.2 Å². The van der Waals surface area contributed by atoms with Gasteiger partial charge in [-0.25, -0.2) is 0 Å². The Bertz CT molecular complexity index is 1250. The smallest absolute Gasteiger partial charge is 0.229 e. The predicted molar refractivity (Wildman–Crippen MR) is 111 cm³/mol. The highest BCUT2D eigenvalue weighted by atomic mass is 16.7. The molecule has 6 N–H and O–H groups in total. The molecule has 5 atom stereocenters. The average molecular weight is 466 g/mol. The van der Waals surface area contributed by atoms with Crippen molar-refractivity contribution in [3.63, 3.8) is 0 Å². The standard InChI is InChI=1S/C21H22O12/c1-29-18-8(23)4-3-7-13(25)12-10(5-9(24)19(30-2)20(12)33-17(7)18)31-21-16(28)15(27)14(26)11(6-22)32-21/h3-5,11,14-16,21-24,26-28H,6H2,1-2H3/t11-,14-,15+,16-,21?/m1/s1. The summed E-state index contributed by atoms with van der Waals surface area (Å²) in [6.45, 7) is -0.685. The highest BCUT2D eigenvalue weighted by Crippen LogP contribution is 2.43. The molecule has 0 saturated carbocycles. The third-order valence-electron chi connectivity index (χ3n) is 5.45. The summed E-state index contributed by atoms with van der Waals surface area (Å²) in [5.41, 5.74) is -1.02. The van der Waals surface area contributed by atoms with Crippen molar-refractivity contribution in [2.45, 2.75) is 30.7 Å². The van der Waals surface area contributed by atoms with Crippen LogP contribution in [0.3, 0.4) is 0 Å². The SMILES string of the molecule is COc1c(O)ccc2c(=O)c3c(OC4O[C@H](CO)[C@@H](O)[C@H](O)[C@H]4O)cc(O)c(OC)c3oc12. The molecule has 1 aliphatic rings. The zero-order valence-corrected chi connectivity index (χ0v) is 17.5. The summed E-state index contributed by atoms with van der Waals surface area (Å²) in [5, 5.41) is 59.9. The Kier molecular flexibility index (Phi) is 5.95. The molecule has 0 radical (unpaired) electrons. The first kappa shape index (κ1) is 22.9. The van der Waals surface area contributed by atoms with Gasteiger partial charge in [0.2, 0.25) is 23.2 Å². The van der Waals surface area contributed by atoms with Crippen molar-refractivity contribution in [1.29, 1.82) is 0 Å². The Morgan fingerprint density at radius 2 is 1.61 bits per heavy atom. The van der Waals surface area contributed by atoms with Crippen LogP contribution in [0.1, 0.15) is 0 Å². The van der Waals surface area contributed by atoms with Crippen LogP contribution in [0.15, 0.2) is 27.4 Å². The molecule has 1 fully saturated rings. The van der Waals surface area contributed by atoms with Crippen LogP contribution in [-0.4, -0.2) is 82.2 Å². The van der Waals surface area contributed by atoms with E-state index in [1.54, 1.807) is 0 Å². The highest BCUT2D eigenvalue weighted by molar-refractivity contribution is 5.99. The maximum atomic E-state index is 13.4. The van der Waals surface area contributed by atoms with Gasteiger partial charge < -0.3 is 54.0 Å². The topological polar surface area (TPSA) is 189 Å². The van der Waals surface area contributed by atoms with E-state index < -0.39 is 48.5 Å². The molecule has 0 aliphatic carbocycles. The van der Waals surface area contributed by atoms with Gasteiger partial charge in [-0.05, 0) is 12.1 Å². The highest BCUT2D eigenvalue weighted by Gasteiger charge is 2.45. The lowest BCUT2D eigenvalue weighted by atomic mass is 9.99. The van der Waals surface area contributed by atoms with Crippen LogP contribution in [0.25, 0.3) is 21.9 Å². The molecule has 1 aromatic heterocycles. The molecule has 33 heavy (non-hydrogen) atoms. The fraction of sp³-hybridized carbons (Fsp3) is 0.381. The van der Waals surface area contributed by atoms with E-state index in [1.807, 2.05) is 0 Å². The van der Waals surface area contributed by atoms with Gasteiger partial charge in [0.25, 0.3) is 0 Å².